The smallest absolute Gasteiger partial charge is 0.387 e. The van der Waals surface area contributed by atoms with Gasteiger partial charge in [0.15, 0.2) is 0 Å². The zero-order chi connectivity index (χ0) is 47.8. The second kappa shape index (κ2) is 47.5. The van der Waals surface area contributed by atoms with Crippen LogP contribution in [0.25, 0.3) is 0 Å². The summed E-state index contributed by atoms with van der Waals surface area (Å²) in [7, 11) is 1.57. The van der Waals surface area contributed by atoms with Crippen LogP contribution in [0.1, 0.15) is 251 Å². The molecule has 0 aromatic heterocycles. The molecule has 8 nitrogen and oxygen atoms in total. The van der Waals surface area contributed by atoms with Gasteiger partial charge in [0.05, 0.1) is 39.9 Å². The van der Waals surface area contributed by atoms with Crippen molar-refractivity contribution in [1.82, 2.24) is 5.32 Å². The van der Waals surface area contributed by atoms with Crippen LogP contribution in [0, 0.1) is 0 Å². The number of amides is 1. The Balaban J connectivity index is 3.97. The summed E-state index contributed by atoms with van der Waals surface area (Å²) in [4.78, 5) is 23.2. The predicted octanol–water partition coefficient (Wildman–Crippen LogP) is 16.4. The Morgan fingerprint density at radius 3 is 1.28 bits per heavy atom. The Kier molecular flexibility index (Phi) is 46.4. The maximum atomic E-state index is 12.9. The van der Waals surface area contributed by atoms with Crippen LogP contribution < -0.4 is 5.32 Å². The van der Waals surface area contributed by atoms with Crippen molar-refractivity contribution >= 4 is 13.7 Å². The summed E-state index contributed by atoms with van der Waals surface area (Å²) < 4.78 is 23.6. The van der Waals surface area contributed by atoms with Gasteiger partial charge in [0.25, 0.3) is 0 Å². The van der Waals surface area contributed by atoms with E-state index in [1.807, 2.05) is 27.2 Å². The van der Waals surface area contributed by atoms with Crippen LogP contribution in [0.15, 0.2) is 48.6 Å². The van der Waals surface area contributed by atoms with Gasteiger partial charge in [-0.15, -0.1) is 0 Å². The number of nitrogens with one attached hydrogen (secondary N) is 1. The van der Waals surface area contributed by atoms with Crippen molar-refractivity contribution in [2.24, 2.45) is 0 Å². The molecule has 0 aromatic carbocycles. The van der Waals surface area contributed by atoms with Gasteiger partial charge in [-0.2, -0.15) is 0 Å². The van der Waals surface area contributed by atoms with E-state index in [9.17, 15) is 19.4 Å². The van der Waals surface area contributed by atoms with Gasteiger partial charge >= 0.3 is 7.82 Å². The molecule has 0 fully saturated rings. The van der Waals surface area contributed by atoms with E-state index in [1.165, 1.54) is 180 Å². The predicted molar refractivity (Wildman–Crippen MR) is 281 cm³/mol. The lowest BCUT2D eigenvalue weighted by molar-refractivity contribution is -0.870. The number of hydrogen-bond acceptors (Lipinski definition) is 5. The molecule has 0 aliphatic carbocycles. The second-order valence-corrected chi connectivity index (χ2v) is 21.4. The maximum Gasteiger partial charge on any atom is 0.472 e. The molecule has 382 valence electrons. The van der Waals surface area contributed by atoms with Crippen molar-refractivity contribution in [3.05, 3.63) is 48.6 Å². The van der Waals surface area contributed by atoms with E-state index in [4.69, 9.17) is 9.05 Å². The van der Waals surface area contributed by atoms with Gasteiger partial charge < -0.3 is 19.8 Å². The lowest BCUT2D eigenvalue weighted by Crippen LogP contribution is -2.45. The fraction of sp³-hybridized carbons (Fsp3) is 0.839. The normalized spacial score (nSPS) is 14.4. The van der Waals surface area contributed by atoms with Crippen molar-refractivity contribution in [3.63, 3.8) is 0 Å². The molecule has 1 amide bonds. The van der Waals surface area contributed by atoms with Gasteiger partial charge in [-0.3, -0.25) is 13.8 Å². The first-order chi connectivity index (χ1) is 31.5. The minimum Gasteiger partial charge on any atom is -0.387 e. The van der Waals surface area contributed by atoms with Gasteiger partial charge in [0.2, 0.25) is 5.91 Å². The van der Waals surface area contributed by atoms with E-state index < -0.39 is 20.0 Å². The quantitative estimate of drug-likeness (QED) is 0.0243. The Morgan fingerprint density at radius 2 is 0.877 bits per heavy atom. The molecule has 9 heteroatoms. The highest BCUT2D eigenvalue weighted by molar-refractivity contribution is 7.47. The number of nitrogens with zero attached hydrogens (tertiary/aromatic N) is 1. The first kappa shape index (κ1) is 63.5. The SMILES string of the molecule is CCCCCCC/C=C\C/C=C\C/C=C\CCCCCCCCCCCCCCCCCCCCC(=O)NC(COP(=O)(O)OCC[N+](C)(C)C)C(O)/C=C/CCCCCCCCCC. The number of carbonyl (C=O) groups is 1. The van der Waals surface area contributed by atoms with Crippen molar-refractivity contribution in [1.29, 1.82) is 0 Å². The standard InChI is InChI=1S/C56H107N2O6P/c1-6-8-10-12-14-16-18-19-20-21-22-23-24-25-26-27-28-29-30-31-32-33-34-35-36-37-38-39-40-42-44-46-48-50-56(60)57-54(53-64-65(61,62)63-52-51-58(3,4)5)55(59)49-47-45-43-41-17-15-13-11-9-7-2/h18-19,21-22,24-25,47,49,54-55,59H,6-17,20,23,26-46,48,50-53H2,1-5H3,(H-,57,60,61,62)/p+1/b19-18-,22-21-,25-24-,49-47+. The lowest BCUT2D eigenvalue weighted by Gasteiger charge is -2.25. The number of hydrogen-bond donors (Lipinski definition) is 3. The van der Waals surface area contributed by atoms with Gasteiger partial charge in [-0.05, 0) is 57.8 Å². The third-order valence-electron chi connectivity index (χ3n) is 12.3. The van der Waals surface area contributed by atoms with Crippen LogP contribution in [0.4, 0.5) is 0 Å². The van der Waals surface area contributed by atoms with Crippen LogP contribution in [-0.2, 0) is 18.4 Å². The van der Waals surface area contributed by atoms with E-state index in [0.717, 1.165) is 51.4 Å². The number of carbonyl (C=O) groups excluding carboxylic acids is 1. The summed E-state index contributed by atoms with van der Waals surface area (Å²) in [6, 6.07) is -0.844. The number of aliphatic hydroxyl groups excluding tert-OH is 1. The number of aliphatic hydroxyl groups is 1. The van der Waals surface area contributed by atoms with E-state index in [-0.39, 0.29) is 19.1 Å². The second-order valence-electron chi connectivity index (χ2n) is 20.0. The molecule has 0 aromatic rings. The third kappa shape index (κ3) is 50.2. The number of allylic oxidation sites excluding steroid dienone is 7. The Morgan fingerprint density at radius 1 is 0.523 bits per heavy atom. The zero-order valence-electron chi connectivity index (χ0n) is 43.5. The highest BCUT2D eigenvalue weighted by Crippen LogP contribution is 2.43. The fourth-order valence-electron chi connectivity index (χ4n) is 7.93. The fourth-order valence-corrected chi connectivity index (χ4v) is 8.67. The average Bonchev–Trinajstić information content (AvgIpc) is 3.26. The molecule has 0 aliphatic rings. The summed E-state index contributed by atoms with van der Waals surface area (Å²) in [5.74, 6) is -0.177. The van der Waals surface area contributed by atoms with Gasteiger partial charge in [-0.25, -0.2) is 4.57 Å². The van der Waals surface area contributed by atoms with E-state index in [1.54, 1.807) is 6.08 Å². The van der Waals surface area contributed by atoms with Crippen LogP contribution >= 0.6 is 7.82 Å². The van der Waals surface area contributed by atoms with Crippen molar-refractivity contribution < 1.29 is 32.9 Å². The molecule has 0 saturated heterocycles. The molecule has 65 heavy (non-hydrogen) atoms. The molecule has 0 saturated carbocycles. The Labute approximate surface area is 403 Å². The van der Waals surface area contributed by atoms with Crippen LogP contribution in [0.5, 0.6) is 0 Å². The molecule has 0 heterocycles. The number of quaternary nitrogens is 1. The third-order valence-corrected chi connectivity index (χ3v) is 13.3. The lowest BCUT2D eigenvalue weighted by atomic mass is 10.0. The Bertz CT molecular complexity index is 1200. The number of phosphoric ester groups is 1. The number of phosphoric acid groups is 1. The molecule has 0 bridgehead atoms. The summed E-state index contributed by atoms with van der Waals surface area (Å²) in [6.45, 7) is 4.79. The van der Waals surface area contributed by atoms with Crippen molar-refractivity contribution in [3.8, 4) is 0 Å². The van der Waals surface area contributed by atoms with Crippen LogP contribution in [0.3, 0.4) is 0 Å². The van der Waals surface area contributed by atoms with Crippen molar-refractivity contribution in [2.45, 2.75) is 264 Å². The minimum atomic E-state index is -4.34. The van der Waals surface area contributed by atoms with Gasteiger partial charge in [-0.1, -0.05) is 236 Å². The molecule has 0 spiro atoms. The van der Waals surface area contributed by atoms with Crippen molar-refractivity contribution in [2.75, 3.05) is 40.9 Å². The molecule has 0 radical (unpaired) electrons. The maximum absolute atomic E-state index is 12.9. The topological polar surface area (TPSA) is 105 Å². The molecular formula is C56H108N2O6P+. The highest BCUT2D eigenvalue weighted by Gasteiger charge is 2.27. The molecule has 3 atom stereocenters. The molecule has 3 unspecified atom stereocenters. The summed E-state index contributed by atoms with van der Waals surface area (Å²) >= 11 is 0. The van der Waals surface area contributed by atoms with E-state index in [2.05, 4.69) is 55.6 Å². The highest BCUT2D eigenvalue weighted by atomic mass is 31.2. The largest absolute Gasteiger partial charge is 0.472 e. The first-order valence-corrected chi connectivity index (χ1v) is 29.0. The monoisotopic (exact) mass is 936 g/mol. The summed E-state index contributed by atoms with van der Waals surface area (Å²) in [6.07, 6.45) is 62.2. The molecule has 0 aliphatic heterocycles. The molecule has 0 rings (SSSR count). The molecular weight excluding hydrogens is 828 g/mol. The van der Waals surface area contributed by atoms with Gasteiger partial charge in [0, 0.05) is 6.42 Å². The zero-order valence-corrected chi connectivity index (χ0v) is 44.4. The molecule has 3 N–H and O–H groups in total. The van der Waals surface area contributed by atoms with E-state index >= 15 is 0 Å². The Hall–Kier alpha value is -1.54. The van der Waals surface area contributed by atoms with Crippen LogP contribution in [-0.4, -0.2) is 73.4 Å². The first-order valence-electron chi connectivity index (χ1n) is 27.5. The van der Waals surface area contributed by atoms with E-state index in [0.29, 0.717) is 17.4 Å². The number of unbranched alkanes of at least 4 members (excludes halogenated alkanes) is 31. The number of rotatable bonds is 50. The summed E-state index contributed by atoms with van der Waals surface area (Å²) in [5, 5.41) is 13.8. The average molecular weight is 936 g/mol. The number of likely N-dealkylation sites (N-methyl/N-ethyl adjacent to an activating group) is 1. The summed E-state index contributed by atoms with van der Waals surface area (Å²) in [5.41, 5.74) is 0. The van der Waals surface area contributed by atoms with Gasteiger partial charge in [0.1, 0.15) is 13.2 Å². The van der Waals surface area contributed by atoms with Crippen LogP contribution in [0.2, 0.25) is 0 Å². The minimum absolute atomic E-state index is 0.0617.